The third-order valence-electron chi connectivity index (χ3n) is 6.01. The van der Waals surface area contributed by atoms with E-state index in [2.05, 4.69) is 5.32 Å². The molecule has 8 heteroatoms. The molecule has 32 heavy (non-hydrogen) atoms. The van der Waals surface area contributed by atoms with Crippen LogP contribution in [0, 0.1) is 11.7 Å². The van der Waals surface area contributed by atoms with Crippen LogP contribution in [0.25, 0.3) is 0 Å². The van der Waals surface area contributed by atoms with Crippen LogP contribution < -0.4 is 5.32 Å². The lowest BCUT2D eigenvalue weighted by Gasteiger charge is -2.32. The maximum absolute atomic E-state index is 14.1. The van der Waals surface area contributed by atoms with Gasteiger partial charge in [-0.3, -0.25) is 9.59 Å². The number of halogens is 1. The number of nitrogens with zero attached hydrogens (tertiary/aromatic N) is 1. The minimum Gasteiger partial charge on any atom is -0.355 e. The van der Waals surface area contributed by atoms with E-state index < -0.39 is 15.4 Å². The van der Waals surface area contributed by atoms with Gasteiger partial charge >= 0.3 is 0 Å². The van der Waals surface area contributed by atoms with Crippen LogP contribution in [0.1, 0.15) is 49.5 Å². The number of amides is 1. The lowest BCUT2D eigenvalue weighted by atomic mass is 9.84. The Morgan fingerprint density at radius 2 is 1.75 bits per heavy atom. The molecule has 0 bridgehead atoms. The number of ketones is 1. The second-order valence-electron chi connectivity index (χ2n) is 8.84. The molecule has 1 amide bonds. The lowest BCUT2D eigenvalue weighted by molar-refractivity contribution is -0.126. The van der Waals surface area contributed by atoms with Crippen molar-refractivity contribution in [2.45, 2.75) is 43.9 Å². The number of piperidine rings is 1. The van der Waals surface area contributed by atoms with E-state index in [1.54, 1.807) is 30.3 Å². The van der Waals surface area contributed by atoms with Crippen molar-refractivity contribution >= 4 is 21.7 Å². The average Bonchev–Trinajstić information content (AvgIpc) is 2.78. The van der Waals surface area contributed by atoms with Gasteiger partial charge in [0.05, 0.1) is 4.90 Å². The minimum atomic E-state index is -3.74. The average molecular weight is 461 g/mol. The first-order valence-corrected chi connectivity index (χ1v) is 12.1. The minimum absolute atomic E-state index is 0.0831. The molecule has 3 rings (SSSR count). The van der Waals surface area contributed by atoms with Crippen molar-refractivity contribution in [2.24, 2.45) is 5.92 Å². The van der Waals surface area contributed by atoms with E-state index in [0.717, 1.165) is 0 Å². The fraction of sp³-hybridized carbons (Fsp3) is 0.417. The highest BCUT2D eigenvalue weighted by Gasteiger charge is 2.33. The number of hydrogen-bond acceptors (Lipinski definition) is 4. The van der Waals surface area contributed by atoms with E-state index in [0.29, 0.717) is 24.0 Å². The molecule has 1 aliphatic heterocycles. The number of Topliss-reactive ketones (excluding diaryl/α,β-unsaturated/α-hetero) is 1. The van der Waals surface area contributed by atoms with Gasteiger partial charge in [0.1, 0.15) is 5.82 Å². The molecular weight excluding hydrogens is 431 g/mol. The Hall–Kier alpha value is -2.58. The van der Waals surface area contributed by atoms with E-state index in [1.165, 1.54) is 29.4 Å². The Labute approximate surface area is 188 Å². The number of carbonyl (C=O) groups excluding carboxylic acids is 2. The standard InChI is InChI=1S/C24H29FN2O4S/c1-17(28)19-7-6-8-20(15-19)32(30,31)27-13-11-18(12-14-27)23(29)26-16-24(2,3)21-9-4-5-10-22(21)25/h4-10,15,18H,11-14,16H2,1-3H3,(H,26,29). The molecule has 1 fully saturated rings. The van der Waals surface area contributed by atoms with Gasteiger partial charge in [-0.1, -0.05) is 44.2 Å². The van der Waals surface area contributed by atoms with Crippen LogP contribution in [0.5, 0.6) is 0 Å². The van der Waals surface area contributed by atoms with Crippen LogP contribution in [0.15, 0.2) is 53.4 Å². The highest BCUT2D eigenvalue weighted by molar-refractivity contribution is 7.89. The van der Waals surface area contributed by atoms with Crippen molar-refractivity contribution in [3.05, 3.63) is 65.5 Å². The molecule has 6 nitrogen and oxygen atoms in total. The maximum Gasteiger partial charge on any atom is 0.243 e. The molecule has 0 aliphatic carbocycles. The van der Waals surface area contributed by atoms with Gasteiger partial charge in [0.2, 0.25) is 15.9 Å². The molecule has 1 N–H and O–H groups in total. The summed E-state index contributed by atoms with van der Waals surface area (Å²) in [6.45, 7) is 5.86. The van der Waals surface area contributed by atoms with E-state index in [4.69, 9.17) is 0 Å². The van der Waals surface area contributed by atoms with Crippen molar-refractivity contribution in [1.29, 1.82) is 0 Å². The predicted octanol–water partition coefficient (Wildman–Crippen LogP) is 3.52. The number of hydrogen-bond donors (Lipinski definition) is 1. The second-order valence-corrected chi connectivity index (χ2v) is 10.8. The van der Waals surface area contributed by atoms with Gasteiger partial charge in [-0.25, -0.2) is 12.8 Å². The maximum atomic E-state index is 14.1. The molecule has 1 aliphatic rings. The van der Waals surface area contributed by atoms with Crippen molar-refractivity contribution in [3.8, 4) is 0 Å². The largest absolute Gasteiger partial charge is 0.355 e. The first-order valence-electron chi connectivity index (χ1n) is 10.7. The summed E-state index contributed by atoms with van der Waals surface area (Å²) in [5, 5.41) is 2.91. The lowest BCUT2D eigenvalue weighted by Crippen LogP contribution is -2.45. The molecule has 0 aromatic heterocycles. The zero-order chi connectivity index (χ0) is 23.5. The van der Waals surface area contributed by atoms with E-state index in [9.17, 15) is 22.4 Å². The molecule has 0 unspecified atom stereocenters. The summed E-state index contributed by atoms with van der Waals surface area (Å²) in [6.07, 6.45) is 0.801. The Morgan fingerprint density at radius 3 is 2.38 bits per heavy atom. The van der Waals surface area contributed by atoms with Crippen LogP contribution >= 0.6 is 0 Å². The van der Waals surface area contributed by atoms with Gasteiger partial charge in [0, 0.05) is 36.5 Å². The highest BCUT2D eigenvalue weighted by Crippen LogP contribution is 2.27. The molecule has 1 saturated heterocycles. The summed E-state index contributed by atoms with van der Waals surface area (Å²) in [5.74, 6) is -0.957. The summed E-state index contributed by atoms with van der Waals surface area (Å²) in [4.78, 5) is 24.4. The molecule has 2 aromatic carbocycles. The first kappa shape index (κ1) is 24.1. The molecule has 0 radical (unpaired) electrons. The summed E-state index contributed by atoms with van der Waals surface area (Å²) >= 11 is 0. The van der Waals surface area contributed by atoms with Gasteiger partial charge < -0.3 is 5.32 Å². The Balaban J connectivity index is 1.59. The van der Waals surface area contributed by atoms with Crippen LogP contribution in [-0.2, 0) is 20.2 Å². The van der Waals surface area contributed by atoms with Crippen molar-refractivity contribution in [2.75, 3.05) is 19.6 Å². The monoisotopic (exact) mass is 460 g/mol. The second kappa shape index (κ2) is 9.50. The van der Waals surface area contributed by atoms with E-state index in [1.807, 2.05) is 13.8 Å². The van der Waals surface area contributed by atoms with Gasteiger partial charge in [-0.2, -0.15) is 4.31 Å². The van der Waals surface area contributed by atoms with Crippen molar-refractivity contribution in [1.82, 2.24) is 9.62 Å². The normalized spacial score (nSPS) is 16.0. The number of carbonyl (C=O) groups is 2. The molecule has 172 valence electrons. The first-order chi connectivity index (χ1) is 15.0. The van der Waals surface area contributed by atoms with E-state index >= 15 is 0 Å². The topological polar surface area (TPSA) is 83.6 Å². The fourth-order valence-electron chi connectivity index (χ4n) is 3.94. The number of nitrogens with one attached hydrogen (secondary N) is 1. The third kappa shape index (κ3) is 5.24. The Kier molecular flexibility index (Phi) is 7.15. The molecular formula is C24H29FN2O4S. The van der Waals surface area contributed by atoms with Crippen molar-refractivity contribution < 1.29 is 22.4 Å². The number of sulfonamides is 1. The molecule has 1 heterocycles. The summed E-state index contributed by atoms with van der Waals surface area (Å²) in [6, 6.07) is 12.5. The summed E-state index contributed by atoms with van der Waals surface area (Å²) in [7, 11) is -3.74. The van der Waals surface area contributed by atoms with Gasteiger partial charge in [-0.05, 0) is 43.5 Å². The molecule has 2 aromatic rings. The molecule has 0 saturated carbocycles. The van der Waals surface area contributed by atoms with Crippen LogP contribution in [0.3, 0.4) is 0 Å². The van der Waals surface area contributed by atoms with Crippen molar-refractivity contribution in [3.63, 3.8) is 0 Å². The van der Waals surface area contributed by atoms with Gasteiger partial charge in [-0.15, -0.1) is 0 Å². The fourth-order valence-corrected chi connectivity index (χ4v) is 5.46. The smallest absolute Gasteiger partial charge is 0.243 e. The van der Waals surface area contributed by atoms with Gasteiger partial charge in [0.25, 0.3) is 0 Å². The SMILES string of the molecule is CC(=O)c1cccc(S(=O)(=O)N2CCC(C(=O)NCC(C)(C)c3ccccc3F)CC2)c1. The predicted molar refractivity (Wildman–Crippen MR) is 120 cm³/mol. The number of benzene rings is 2. The quantitative estimate of drug-likeness (QED) is 0.641. The summed E-state index contributed by atoms with van der Waals surface area (Å²) < 4.78 is 41.4. The zero-order valence-electron chi connectivity index (χ0n) is 18.6. The van der Waals surface area contributed by atoms with Crippen LogP contribution in [0.2, 0.25) is 0 Å². The highest BCUT2D eigenvalue weighted by atomic mass is 32.2. The van der Waals surface area contributed by atoms with Gasteiger partial charge in [0.15, 0.2) is 5.78 Å². The third-order valence-corrected chi connectivity index (χ3v) is 7.91. The molecule has 0 spiro atoms. The summed E-state index contributed by atoms with van der Waals surface area (Å²) in [5.41, 5.74) is 0.305. The Bertz CT molecular complexity index is 1110. The molecule has 0 atom stereocenters. The Morgan fingerprint density at radius 1 is 1.09 bits per heavy atom. The van der Waals surface area contributed by atoms with E-state index in [-0.39, 0.29) is 48.0 Å². The van der Waals surface area contributed by atoms with Crippen LogP contribution in [-0.4, -0.2) is 44.0 Å². The zero-order valence-corrected chi connectivity index (χ0v) is 19.4. The number of rotatable bonds is 7. The van der Waals surface area contributed by atoms with Crippen LogP contribution in [0.4, 0.5) is 4.39 Å².